The lowest BCUT2D eigenvalue weighted by Crippen LogP contribution is -2.50. The Morgan fingerprint density at radius 1 is 1.25 bits per heavy atom. The summed E-state index contributed by atoms with van der Waals surface area (Å²) in [6, 6.07) is 2.22. The molecular formula is C16H23N7O. The van der Waals surface area contributed by atoms with Gasteiger partial charge in [0.05, 0.1) is 0 Å². The van der Waals surface area contributed by atoms with Crippen LogP contribution < -0.4 is 10.6 Å². The molecule has 8 heteroatoms. The lowest BCUT2D eigenvalue weighted by molar-refractivity contribution is -0.135. The number of nitrogens with two attached hydrogens (primary N) is 1. The summed E-state index contributed by atoms with van der Waals surface area (Å²) in [5, 5.41) is 4.27. The number of amides is 1. The first-order valence-electron chi connectivity index (χ1n) is 8.58. The molecule has 3 heterocycles. The lowest BCUT2D eigenvalue weighted by Gasteiger charge is -2.37. The highest BCUT2D eigenvalue weighted by molar-refractivity contribution is 5.79. The second kappa shape index (κ2) is 6.01. The lowest BCUT2D eigenvalue weighted by atomic mass is 10.1. The molecule has 1 aliphatic heterocycles. The molecule has 1 aliphatic carbocycles. The number of aryl methyl sites for hydroxylation is 1. The molecule has 0 aromatic carbocycles. The van der Waals surface area contributed by atoms with Crippen LogP contribution in [0, 0.1) is 12.8 Å². The monoisotopic (exact) mass is 329 g/mol. The molecule has 0 bridgehead atoms. The van der Waals surface area contributed by atoms with Gasteiger partial charge in [0.2, 0.25) is 5.91 Å². The third kappa shape index (κ3) is 2.71. The van der Waals surface area contributed by atoms with Crippen LogP contribution >= 0.6 is 0 Å². The van der Waals surface area contributed by atoms with Gasteiger partial charge in [-0.25, -0.2) is 4.98 Å². The van der Waals surface area contributed by atoms with Gasteiger partial charge >= 0.3 is 0 Å². The zero-order chi connectivity index (χ0) is 16.7. The largest absolute Gasteiger partial charge is 0.353 e. The van der Waals surface area contributed by atoms with E-state index in [1.54, 1.807) is 4.52 Å². The highest BCUT2D eigenvalue weighted by Gasteiger charge is 2.32. The minimum Gasteiger partial charge on any atom is -0.353 e. The van der Waals surface area contributed by atoms with Crippen LogP contribution in [0.5, 0.6) is 0 Å². The fraction of sp³-hybridized carbons (Fsp3) is 0.625. The molecule has 0 unspecified atom stereocenters. The number of piperazine rings is 1. The Hall–Kier alpha value is -2.22. The van der Waals surface area contributed by atoms with Gasteiger partial charge in [0.15, 0.2) is 0 Å². The SMILES string of the molecule is Cc1cc(N2CCN(C(=O)[C@H]3CC[C@@H](N)C3)CC2)n2ncnc2n1. The average molecular weight is 329 g/mol. The summed E-state index contributed by atoms with van der Waals surface area (Å²) in [5.41, 5.74) is 6.87. The highest BCUT2D eigenvalue weighted by atomic mass is 16.2. The number of hydrogen-bond acceptors (Lipinski definition) is 6. The number of hydrogen-bond donors (Lipinski definition) is 1. The van der Waals surface area contributed by atoms with Gasteiger partial charge in [-0.2, -0.15) is 14.6 Å². The summed E-state index contributed by atoms with van der Waals surface area (Å²) in [6.45, 7) is 5.03. The van der Waals surface area contributed by atoms with Gasteiger partial charge in [-0.1, -0.05) is 0 Å². The molecular weight excluding hydrogens is 306 g/mol. The Morgan fingerprint density at radius 2 is 2.04 bits per heavy atom. The van der Waals surface area contributed by atoms with E-state index in [-0.39, 0.29) is 17.9 Å². The van der Waals surface area contributed by atoms with Gasteiger partial charge in [0, 0.05) is 49.9 Å². The third-order valence-corrected chi connectivity index (χ3v) is 5.10. The van der Waals surface area contributed by atoms with Crippen molar-refractivity contribution in [1.82, 2.24) is 24.5 Å². The van der Waals surface area contributed by atoms with E-state index in [0.29, 0.717) is 5.78 Å². The summed E-state index contributed by atoms with van der Waals surface area (Å²) in [7, 11) is 0. The maximum atomic E-state index is 12.6. The first-order chi connectivity index (χ1) is 11.6. The summed E-state index contributed by atoms with van der Waals surface area (Å²) < 4.78 is 1.76. The minimum absolute atomic E-state index is 0.122. The van der Waals surface area contributed by atoms with Crippen molar-refractivity contribution in [2.24, 2.45) is 11.7 Å². The van der Waals surface area contributed by atoms with E-state index in [2.05, 4.69) is 20.0 Å². The van der Waals surface area contributed by atoms with Crippen molar-refractivity contribution in [3.8, 4) is 0 Å². The Balaban J connectivity index is 1.46. The van der Waals surface area contributed by atoms with Crippen molar-refractivity contribution in [3.63, 3.8) is 0 Å². The number of carbonyl (C=O) groups is 1. The van der Waals surface area contributed by atoms with Gasteiger partial charge in [-0.3, -0.25) is 4.79 Å². The van der Waals surface area contributed by atoms with E-state index in [4.69, 9.17) is 5.73 Å². The van der Waals surface area contributed by atoms with Crippen LogP contribution in [0.1, 0.15) is 25.0 Å². The molecule has 2 fully saturated rings. The van der Waals surface area contributed by atoms with Crippen LogP contribution in [0.25, 0.3) is 5.78 Å². The zero-order valence-corrected chi connectivity index (χ0v) is 13.9. The second-order valence-corrected chi connectivity index (χ2v) is 6.81. The van der Waals surface area contributed by atoms with Gasteiger partial charge < -0.3 is 15.5 Å². The van der Waals surface area contributed by atoms with Crippen molar-refractivity contribution < 1.29 is 4.79 Å². The summed E-state index contributed by atoms with van der Waals surface area (Å²) in [6.07, 6.45) is 4.26. The average Bonchev–Trinajstić information content (AvgIpc) is 3.22. The zero-order valence-electron chi connectivity index (χ0n) is 13.9. The number of anilines is 1. The fourth-order valence-electron chi connectivity index (χ4n) is 3.79. The van der Waals surface area contributed by atoms with Crippen molar-refractivity contribution in [2.45, 2.75) is 32.2 Å². The minimum atomic E-state index is 0.122. The van der Waals surface area contributed by atoms with E-state index in [9.17, 15) is 4.79 Å². The van der Waals surface area contributed by atoms with E-state index in [1.807, 2.05) is 17.9 Å². The molecule has 128 valence electrons. The van der Waals surface area contributed by atoms with Crippen LogP contribution in [0.15, 0.2) is 12.4 Å². The molecule has 2 atom stereocenters. The van der Waals surface area contributed by atoms with Crippen LogP contribution in [0.2, 0.25) is 0 Å². The molecule has 0 spiro atoms. The van der Waals surface area contributed by atoms with Gasteiger partial charge in [-0.05, 0) is 26.2 Å². The van der Waals surface area contributed by atoms with Gasteiger partial charge in [0.25, 0.3) is 5.78 Å². The molecule has 8 nitrogen and oxygen atoms in total. The molecule has 4 rings (SSSR count). The number of carbonyl (C=O) groups excluding carboxylic acids is 1. The van der Waals surface area contributed by atoms with Crippen molar-refractivity contribution in [3.05, 3.63) is 18.1 Å². The Bertz CT molecular complexity index is 750. The van der Waals surface area contributed by atoms with E-state index < -0.39 is 0 Å². The van der Waals surface area contributed by atoms with Crippen LogP contribution in [0.3, 0.4) is 0 Å². The molecule has 1 amide bonds. The van der Waals surface area contributed by atoms with Crippen LogP contribution in [-0.2, 0) is 4.79 Å². The number of nitrogens with zero attached hydrogens (tertiary/aromatic N) is 6. The first-order valence-corrected chi connectivity index (χ1v) is 8.58. The van der Waals surface area contributed by atoms with E-state index in [1.165, 1.54) is 6.33 Å². The smallest absolute Gasteiger partial charge is 0.254 e. The van der Waals surface area contributed by atoms with Crippen LogP contribution in [-0.4, -0.2) is 62.6 Å². The molecule has 0 radical (unpaired) electrons. The fourth-order valence-corrected chi connectivity index (χ4v) is 3.79. The molecule has 2 N–H and O–H groups in total. The normalized spacial score (nSPS) is 24.8. The highest BCUT2D eigenvalue weighted by Crippen LogP contribution is 2.27. The van der Waals surface area contributed by atoms with Crippen molar-refractivity contribution >= 4 is 17.5 Å². The Kier molecular flexibility index (Phi) is 3.84. The molecule has 1 saturated carbocycles. The number of fused-ring (bicyclic) bond motifs is 1. The predicted octanol–water partition coefficient (Wildman–Crippen LogP) is 0.209. The molecule has 1 saturated heterocycles. The number of rotatable bonds is 2. The summed E-state index contributed by atoms with van der Waals surface area (Å²) in [4.78, 5) is 25.4. The maximum Gasteiger partial charge on any atom is 0.254 e. The standard InChI is InChI=1S/C16H23N7O/c1-11-8-14(23-16(20-11)18-10-19-23)21-4-6-22(7-5-21)15(24)12-2-3-13(17)9-12/h8,10,12-13H,2-7,9,17H2,1H3/t12-,13+/m0/s1. The van der Waals surface area contributed by atoms with Crippen molar-refractivity contribution in [2.75, 3.05) is 31.1 Å². The van der Waals surface area contributed by atoms with Crippen molar-refractivity contribution in [1.29, 1.82) is 0 Å². The number of aromatic nitrogens is 4. The summed E-state index contributed by atoms with van der Waals surface area (Å²) >= 11 is 0. The second-order valence-electron chi connectivity index (χ2n) is 6.81. The Labute approximate surface area is 140 Å². The third-order valence-electron chi connectivity index (χ3n) is 5.10. The van der Waals surface area contributed by atoms with E-state index >= 15 is 0 Å². The predicted molar refractivity (Wildman–Crippen MR) is 89.6 cm³/mol. The first kappa shape index (κ1) is 15.3. The van der Waals surface area contributed by atoms with Crippen LogP contribution in [0.4, 0.5) is 5.82 Å². The maximum absolute atomic E-state index is 12.6. The quantitative estimate of drug-likeness (QED) is 0.847. The Morgan fingerprint density at radius 3 is 2.75 bits per heavy atom. The molecule has 24 heavy (non-hydrogen) atoms. The topological polar surface area (TPSA) is 92.7 Å². The summed E-state index contributed by atoms with van der Waals surface area (Å²) in [5.74, 6) is 2.00. The van der Waals surface area contributed by atoms with Gasteiger partial charge in [-0.15, -0.1) is 0 Å². The van der Waals surface area contributed by atoms with Gasteiger partial charge in [0.1, 0.15) is 12.1 Å². The molecule has 2 aromatic rings. The molecule has 2 aromatic heterocycles. The molecule has 2 aliphatic rings. The van der Waals surface area contributed by atoms with E-state index in [0.717, 1.165) is 57.0 Å².